The molecule has 122 valence electrons. The van der Waals surface area contributed by atoms with Crippen LogP contribution in [0.15, 0.2) is 30.3 Å². The molecule has 2 heterocycles. The van der Waals surface area contributed by atoms with E-state index in [1.807, 2.05) is 13.0 Å². The number of hydrogen-bond donors (Lipinski definition) is 1. The molecule has 1 aliphatic heterocycles. The van der Waals surface area contributed by atoms with Crippen molar-refractivity contribution < 1.29 is 9.18 Å². The lowest BCUT2D eigenvalue weighted by atomic mass is 10.1. The van der Waals surface area contributed by atoms with E-state index in [0.29, 0.717) is 6.04 Å². The fraction of sp³-hybridized carbons (Fsp3) is 0.389. The van der Waals surface area contributed by atoms with Crippen LogP contribution in [0.3, 0.4) is 0 Å². The molecule has 1 aliphatic rings. The van der Waals surface area contributed by atoms with Gasteiger partial charge < -0.3 is 5.32 Å². The molecule has 0 saturated heterocycles. The van der Waals surface area contributed by atoms with E-state index in [4.69, 9.17) is 0 Å². The first-order valence-corrected chi connectivity index (χ1v) is 8.67. The molecule has 1 unspecified atom stereocenters. The van der Waals surface area contributed by atoms with Crippen molar-refractivity contribution >= 4 is 17.2 Å². The highest BCUT2D eigenvalue weighted by Gasteiger charge is 2.25. The molecule has 0 aliphatic carbocycles. The van der Waals surface area contributed by atoms with Crippen LogP contribution in [0.5, 0.6) is 0 Å². The molecule has 23 heavy (non-hydrogen) atoms. The summed E-state index contributed by atoms with van der Waals surface area (Å²) in [6, 6.07) is 8.62. The molecule has 1 amide bonds. The summed E-state index contributed by atoms with van der Waals surface area (Å²) in [4.78, 5) is 16.9. The van der Waals surface area contributed by atoms with E-state index in [-0.39, 0.29) is 17.8 Å². The van der Waals surface area contributed by atoms with E-state index in [0.717, 1.165) is 23.5 Å². The molecular formula is C18H21FN2OS. The van der Waals surface area contributed by atoms with Crippen molar-refractivity contribution in [3.05, 3.63) is 57.0 Å². The van der Waals surface area contributed by atoms with E-state index in [1.54, 1.807) is 23.5 Å². The van der Waals surface area contributed by atoms with Crippen molar-refractivity contribution in [2.75, 3.05) is 0 Å². The molecule has 2 aromatic rings. The summed E-state index contributed by atoms with van der Waals surface area (Å²) in [5.74, 6) is -0.325. The minimum atomic E-state index is -0.267. The smallest absolute Gasteiger partial charge is 0.261 e. The van der Waals surface area contributed by atoms with Gasteiger partial charge in [0, 0.05) is 24.0 Å². The van der Waals surface area contributed by atoms with Crippen molar-refractivity contribution in [1.82, 2.24) is 10.2 Å². The summed E-state index contributed by atoms with van der Waals surface area (Å²) < 4.78 is 13.0. The largest absolute Gasteiger partial charge is 0.345 e. The van der Waals surface area contributed by atoms with E-state index in [1.165, 1.54) is 22.6 Å². The van der Waals surface area contributed by atoms with Crippen molar-refractivity contribution in [2.45, 2.75) is 45.9 Å². The van der Waals surface area contributed by atoms with Crippen LogP contribution in [0.25, 0.3) is 0 Å². The highest BCUT2D eigenvalue weighted by atomic mass is 32.1. The number of carbonyl (C=O) groups excluding carboxylic acids is 1. The number of hydrogen-bond acceptors (Lipinski definition) is 3. The second-order valence-electron chi connectivity index (χ2n) is 6.30. The lowest BCUT2D eigenvalue weighted by Crippen LogP contribution is -2.26. The Morgan fingerprint density at radius 2 is 1.91 bits per heavy atom. The fourth-order valence-corrected chi connectivity index (χ4v) is 3.88. The van der Waals surface area contributed by atoms with Crippen molar-refractivity contribution in [3.63, 3.8) is 0 Å². The van der Waals surface area contributed by atoms with Gasteiger partial charge >= 0.3 is 0 Å². The van der Waals surface area contributed by atoms with Crippen molar-refractivity contribution in [1.29, 1.82) is 0 Å². The summed E-state index contributed by atoms with van der Waals surface area (Å²) in [5.41, 5.74) is 2.16. The van der Waals surface area contributed by atoms with Gasteiger partial charge in [-0.1, -0.05) is 12.1 Å². The van der Waals surface area contributed by atoms with E-state index in [2.05, 4.69) is 24.1 Å². The van der Waals surface area contributed by atoms with Crippen LogP contribution in [0, 0.1) is 5.82 Å². The fourth-order valence-electron chi connectivity index (χ4n) is 2.77. The van der Waals surface area contributed by atoms with Crippen molar-refractivity contribution in [3.8, 4) is 0 Å². The molecule has 1 N–H and O–H groups in total. The number of halogens is 1. The van der Waals surface area contributed by atoms with Gasteiger partial charge in [-0.2, -0.15) is 0 Å². The van der Waals surface area contributed by atoms with Crippen LogP contribution >= 0.6 is 11.3 Å². The van der Waals surface area contributed by atoms with Gasteiger partial charge in [0.05, 0.1) is 10.9 Å². The Morgan fingerprint density at radius 1 is 1.22 bits per heavy atom. The molecule has 0 spiro atoms. The summed E-state index contributed by atoms with van der Waals surface area (Å²) in [5, 5.41) is 2.99. The number of amides is 1. The Morgan fingerprint density at radius 3 is 2.52 bits per heavy atom. The average molecular weight is 332 g/mol. The third kappa shape index (κ3) is 3.46. The maximum Gasteiger partial charge on any atom is 0.261 e. The highest BCUT2D eigenvalue weighted by Crippen LogP contribution is 2.32. The maximum absolute atomic E-state index is 13.0. The highest BCUT2D eigenvalue weighted by molar-refractivity contribution is 7.14. The molecule has 3 nitrogen and oxygen atoms in total. The van der Waals surface area contributed by atoms with Gasteiger partial charge in [-0.25, -0.2) is 4.39 Å². The minimum absolute atomic E-state index is 0.0580. The van der Waals surface area contributed by atoms with Gasteiger partial charge in [0.1, 0.15) is 5.82 Å². The zero-order valence-corrected chi connectivity index (χ0v) is 14.4. The SMILES string of the molecule is CC(NC(=O)c1cc2c(s1)CN(C(C)C)C2)c1ccc(F)cc1. The van der Waals surface area contributed by atoms with Crippen LogP contribution in [0.2, 0.25) is 0 Å². The Balaban J connectivity index is 1.66. The number of thiophene rings is 1. The number of nitrogens with zero attached hydrogens (tertiary/aromatic N) is 1. The van der Waals surface area contributed by atoms with Crippen LogP contribution in [-0.2, 0) is 13.1 Å². The number of benzene rings is 1. The molecule has 0 fully saturated rings. The van der Waals surface area contributed by atoms with Crippen LogP contribution < -0.4 is 5.32 Å². The van der Waals surface area contributed by atoms with Crippen molar-refractivity contribution in [2.24, 2.45) is 0 Å². The lowest BCUT2D eigenvalue weighted by molar-refractivity contribution is 0.0944. The van der Waals surface area contributed by atoms with Gasteiger partial charge in [-0.05, 0) is 50.1 Å². The Bertz CT molecular complexity index is 685. The Hall–Kier alpha value is -1.72. The first-order chi connectivity index (χ1) is 10.9. The predicted molar refractivity (Wildman–Crippen MR) is 91.0 cm³/mol. The Labute approximate surface area is 140 Å². The monoisotopic (exact) mass is 332 g/mol. The second-order valence-corrected chi connectivity index (χ2v) is 7.44. The van der Waals surface area contributed by atoms with Gasteiger partial charge in [0.2, 0.25) is 0 Å². The maximum atomic E-state index is 13.0. The molecule has 0 radical (unpaired) electrons. The van der Waals surface area contributed by atoms with Gasteiger partial charge in [0.15, 0.2) is 0 Å². The molecule has 0 bridgehead atoms. The summed E-state index contributed by atoms with van der Waals surface area (Å²) >= 11 is 1.58. The molecule has 3 rings (SSSR count). The second kappa shape index (κ2) is 6.42. The summed E-state index contributed by atoms with van der Waals surface area (Å²) in [6.07, 6.45) is 0. The van der Waals surface area contributed by atoms with Crippen LogP contribution in [-0.4, -0.2) is 16.8 Å². The number of carbonyl (C=O) groups is 1. The molecule has 5 heteroatoms. The standard InChI is InChI=1S/C18H21FN2OS/c1-11(2)21-9-14-8-16(23-17(14)10-21)18(22)20-12(3)13-4-6-15(19)7-5-13/h4-8,11-12H,9-10H2,1-3H3,(H,20,22). The third-order valence-corrected chi connectivity index (χ3v) is 5.45. The van der Waals surface area contributed by atoms with E-state index in [9.17, 15) is 9.18 Å². The quantitative estimate of drug-likeness (QED) is 0.914. The van der Waals surface area contributed by atoms with Gasteiger partial charge in [-0.15, -0.1) is 11.3 Å². The summed E-state index contributed by atoms with van der Waals surface area (Å²) in [7, 11) is 0. The molecule has 0 saturated carbocycles. The first kappa shape index (κ1) is 16.1. The molecular weight excluding hydrogens is 311 g/mol. The molecule has 1 aromatic heterocycles. The topological polar surface area (TPSA) is 32.3 Å². The number of rotatable bonds is 4. The average Bonchev–Trinajstić information content (AvgIpc) is 3.06. The van der Waals surface area contributed by atoms with Crippen LogP contribution in [0.1, 0.15) is 52.5 Å². The normalized spacial score (nSPS) is 15.7. The predicted octanol–water partition coefficient (Wildman–Crippen LogP) is 4.10. The van der Waals surface area contributed by atoms with Crippen LogP contribution in [0.4, 0.5) is 4.39 Å². The third-order valence-electron chi connectivity index (χ3n) is 4.29. The zero-order valence-electron chi connectivity index (χ0n) is 13.6. The Kier molecular flexibility index (Phi) is 4.50. The van der Waals surface area contributed by atoms with Gasteiger partial charge in [-0.3, -0.25) is 9.69 Å². The molecule has 1 aromatic carbocycles. The zero-order chi connectivity index (χ0) is 16.6. The summed E-state index contributed by atoms with van der Waals surface area (Å²) in [6.45, 7) is 8.14. The first-order valence-electron chi connectivity index (χ1n) is 7.86. The van der Waals surface area contributed by atoms with E-state index < -0.39 is 0 Å². The minimum Gasteiger partial charge on any atom is -0.345 e. The number of nitrogens with one attached hydrogen (secondary N) is 1. The van der Waals surface area contributed by atoms with E-state index >= 15 is 0 Å². The van der Waals surface area contributed by atoms with Gasteiger partial charge in [0.25, 0.3) is 5.91 Å². The molecule has 1 atom stereocenters. The lowest BCUT2D eigenvalue weighted by Gasteiger charge is -2.19. The number of fused-ring (bicyclic) bond motifs is 1.